The van der Waals surface area contributed by atoms with Crippen LogP contribution < -0.4 is 4.90 Å². The van der Waals surface area contributed by atoms with E-state index in [4.69, 9.17) is 28.9 Å². The number of aromatic hydroxyl groups is 1. The largest absolute Gasteiger partial charge is 0.507 e. The van der Waals surface area contributed by atoms with Crippen LogP contribution in [0.15, 0.2) is 47.4 Å². The number of phenolic OH excluding ortho intramolecular Hbond substituents is 1. The lowest BCUT2D eigenvalue weighted by Gasteiger charge is -2.14. The number of phenols is 1. The number of carboxylic acids is 1. The van der Waals surface area contributed by atoms with Crippen molar-refractivity contribution >= 4 is 63.5 Å². The second-order valence-corrected chi connectivity index (χ2v) is 7.19. The van der Waals surface area contributed by atoms with Gasteiger partial charge in [0.2, 0.25) is 0 Å². The van der Waals surface area contributed by atoms with Crippen LogP contribution in [0.4, 0.5) is 5.69 Å². The molecular formula is C17H10ClNO4S2. The summed E-state index contributed by atoms with van der Waals surface area (Å²) in [6, 6.07) is 10.5. The van der Waals surface area contributed by atoms with Gasteiger partial charge in [0.15, 0.2) is 4.32 Å². The number of hydrogen-bond acceptors (Lipinski definition) is 5. The molecule has 0 atom stereocenters. The van der Waals surface area contributed by atoms with E-state index in [2.05, 4.69) is 0 Å². The maximum Gasteiger partial charge on any atom is 0.335 e. The number of thiocarbonyl (C=S) groups is 1. The minimum atomic E-state index is -1.09. The molecule has 0 radical (unpaired) electrons. The number of halogens is 1. The summed E-state index contributed by atoms with van der Waals surface area (Å²) in [7, 11) is 0. The van der Waals surface area contributed by atoms with Crippen LogP contribution in [-0.2, 0) is 4.79 Å². The normalized spacial score (nSPS) is 15.9. The average Bonchev–Trinajstić information content (AvgIpc) is 2.85. The highest BCUT2D eigenvalue weighted by atomic mass is 35.5. The predicted molar refractivity (Wildman–Crippen MR) is 102 cm³/mol. The summed E-state index contributed by atoms with van der Waals surface area (Å²) in [5.74, 6) is -1.49. The zero-order chi connectivity index (χ0) is 18.1. The summed E-state index contributed by atoms with van der Waals surface area (Å²) in [5.41, 5.74) is 0.830. The second-order valence-electron chi connectivity index (χ2n) is 5.08. The number of nitrogens with zero attached hydrogens (tertiary/aromatic N) is 1. The van der Waals surface area contributed by atoms with Gasteiger partial charge in [-0.15, -0.1) is 0 Å². The van der Waals surface area contributed by atoms with E-state index in [1.165, 1.54) is 41.3 Å². The van der Waals surface area contributed by atoms with Crippen LogP contribution in [0.25, 0.3) is 6.08 Å². The van der Waals surface area contributed by atoms with Crippen LogP contribution in [0.5, 0.6) is 5.75 Å². The molecule has 0 aromatic heterocycles. The van der Waals surface area contributed by atoms with Crippen molar-refractivity contribution in [1.29, 1.82) is 0 Å². The number of thioether (sulfide) groups is 1. The highest BCUT2D eigenvalue weighted by molar-refractivity contribution is 8.27. The Morgan fingerprint density at radius 3 is 2.72 bits per heavy atom. The molecule has 0 aliphatic carbocycles. The summed E-state index contributed by atoms with van der Waals surface area (Å²) in [6.45, 7) is 0. The zero-order valence-corrected chi connectivity index (χ0v) is 14.9. The Kier molecular flexibility index (Phi) is 4.80. The first-order valence-corrected chi connectivity index (χ1v) is 8.57. The smallest absolute Gasteiger partial charge is 0.335 e. The van der Waals surface area contributed by atoms with E-state index in [0.717, 1.165) is 11.8 Å². The maximum atomic E-state index is 12.7. The summed E-state index contributed by atoms with van der Waals surface area (Å²) in [4.78, 5) is 25.4. The molecule has 2 aromatic carbocycles. The Bertz CT molecular complexity index is 942. The van der Waals surface area contributed by atoms with Crippen molar-refractivity contribution in [3.63, 3.8) is 0 Å². The topological polar surface area (TPSA) is 77.8 Å². The molecule has 2 N–H and O–H groups in total. The molecule has 1 amide bonds. The molecule has 0 saturated carbocycles. The summed E-state index contributed by atoms with van der Waals surface area (Å²) in [6.07, 6.45) is 1.50. The van der Waals surface area contributed by atoms with Crippen LogP contribution in [0.2, 0.25) is 5.02 Å². The van der Waals surface area contributed by atoms with Gasteiger partial charge in [-0.1, -0.05) is 41.6 Å². The molecule has 3 rings (SSSR count). The number of carboxylic acid groups (broad SMARTS) is 1. The van der Waals surface area contributed by atoms with E-state index in [0.29, 0.717) is 21.2 Å². The summed E-state index contributed by atoms with van der Waals surface area (Å²) >= 11 is 12.2. The van der Waals surface area contributed by atoms with Crippen LogP contribution >= 0.6 is 35.6 Å². The monoisotopic (exact) mass is 391 g/mol. The van der Waals surface area contributed by atoms with Gasteiger partial charge in [0, 0.05) is 10.6 Å². The summed E-state index contributed by atoms with van der Waals surface area (Å²) < 4.78 is 0.278. The standard InChI is InChI=1S/C17H10ClNO4S2/c18-11-4-5-13(20)10(6-11)8-14-15(21)19(17(24)25-14)12-3-1-2-9(7-12)16(22)23/h1-8,20H,(H,22,23)/b14-8-. The quantitative estimate of drug-likeness (QED) is 0.604. The molecular weight excluding hydrogens is 382 g/mol. The van der Waals surface area contributed by atoms with Gasteiger partial charge in [-0.25, -0.2) is 4.79 Å². The van der Waals surface area contributed by atoms with Gasteiger partial charge < -0.3 is 10.2 Å². The molecule has 1 saturated heterocycles. The molecule has 126 valence electrons. The highest BCUT2D eigenvalue weighted by Crippen LogP contribution is 2.37. The maximum absolute atomic E-state index is 12.7. The first-order valence-electron chi connectivity index (χ1n) is 6.96. The fourth-order valence-corrected chi connectivity index (χ4v) is 3.72. The minimum Gasteiger partial charge on any atom is -0.507 e. The number of carbonyl (C=O) groups is 2. The van der Waals surface area contributed by atoms with Crippen LogP contribution in [0, 0.1) is 0 Å². The van der Waals surface area contributed by atoms with Crippen molar-refractivity contribution in [3.8, 4) is 5.75 Å². The molecule has 1 fully saturated rings. The molecule has 0 unspecified atom stereocenters. The van der Waals surface area contributed by atoms with Crippen molar-refractivity contribution in [2.24, 2.45) is 0 Å². The highest BCUT2D eigenvalue weighted by Gasteiger charge is 2.33. The number of anilines is 1. The Morgan fingerprint density at radius 2 is 2.00 bits per heavy atom. The first kappa shape index (κ1) is 17.5. The fourth-order valence-electron chi connectivity index (χ4n) is 2.25. The van der Waals surface area contributed by atoms with Gasteiger partial charge in [-0.3, -0.25) is 9.69 Å². The van der Waals surface area contributed by atoms with Gasteiger partial charge in [-0.2, -0.15) is 0 Å². The summed E-state index contributed by atoms with van der Waals surface area (Å²) in [5, 5.41) is 19.4. The van der Waals surface area contributed by atoms with E-state index in [1.807, 2.05) is 0 Å². The van der Waals surface area contributed by atoms with Gasteiger partial charge in [0.05, 0.1) is 16.2 Å². The average molecular weight is 392 g/mol. The Hall–Kier alpha value is -2.35. The Balaban J connectivity index is 1.98. The van der Waals surface area contributed by atoms with E-state index in [-0.39, 0.29) is 15.6 Å². The van der Waals surface area contributed by atoms with E-state index >= 15 is 0 Å². The van der Waals surface area contributed by atoms with E-state index in [9.17, 15) is 14.7 Å². The lowest BCUT2D eigenvalue weighted by Crippen LogP contribution is -2.27. The van der Waals surface area contributed by atoms with E-state index in [1.54, 1.807) is 12.1 Å². The number of amides is 1. The number of hydrogen-bond donors (Lipinski definition) is 2. The molecule has 5 nitrogen and oxygen atoms in total. The molecule has 8 heteroatoms. The van der Waals surface area contributed by atoms with Gasteiger partial charge >= 0.3 is 5.97 Å². The third-order valence-corrected chi connectivity index (χ3v) is 4.96. The number of rotatable bonds is 3. The number of carbonyl (C=O) groups excluding carboxylic acids is 1. The molecule has 0 bridgehead atoms. The Morgan fingerprint density at radius 1 is 1.24 bits per heavy atom. The van der Waals surface area contributed by atoms with E-state index < -0.39 is 11.9 Å². The first-order chi connectivity index (χ1) is 11.9. The fraction of sp³-hybridized carbons (Fsp3) is 0. The zero-order valence-electron chi connectivity index (χ0n) is 12.5. The third-order valence-electron chi connectivity index (χ3n) is 3.42. The SMILES string of the molecule is O=C(O)c1cccc(N2C(=O)/C(=C/c3cc(Cl)ccc3O)SC2=S)c1. The van der Waals surface area contributed by atoms with Crippen molar-refractivity contribution in [2.45, 2.75) is 0 Å². The second kappa shape index (κ2) is 6.87. The molecule has 0 spiro atoms. The van der Waals surface area contributed by atoms with Crippen LogP contribution in [-0.4, -0.2) is 26.4 Å². The Labute approximate surface area is 157 Å². The van der Waals surface area contributed by atoms with Crippen LogP contribution in [0.1, 0.15) is 15.9 Å². The predicted octanol–water partition coefficient (Wildman–Crippen LogP) is 4.15. The lowest BCUT2D eigenvalue weighted by atomic mass is 10.1. The van der Waals surface area contributed by atoms with Crippen LogP contribution in [0.3, 0.4) is 0 Å². The molecule has 1 aliphatic heterocycles. The third kappa shape index (κ3) is 3.53. The van der Waals surface area contributed by atoms with Gasteiger partial charge in [0.1, 0.15) is 5.75 Å². The van der Waals surface area contributed by atoms with Crippen molar-refractivity contribution < 1.29 is 19.8 Å². The van der Waals surface area contributed by atoms with Gasteiger partial charge in [0.25, 0.3) is 5.91 Å². The molecule has 1 heterocycles. The van der Waals surface area contributed by atoms with Crippen molar-refractivity contribution in [2.75, 3.05) is 4.90 Å². The lowest BCUT2D eigenvalue weighted by molar-refractivity contribution is -0.113. The molecule has 2 aromatic rings. The molecule has 1 aliphatic rings. The van der Waals surface area contributed by atoms with Crippen molar-refractivity contribution in [3.05, 3.63) is 63.5 Å². The van der Waals surface area contributed by atoms with Crippen molar-refractivity contribution in [1.82, 2.24) is 0 Å². The minimum absolute atomic E-state index is 0.0115. The molecule has 25 heavy (non-hydrogen) atoms. The van der Waals surface area contributed by atoms with Gasteiger partial charge in [-0.05, 0) is 42.5 Å². The number of benzene rings is 2. The number of aromatic carboxylic acids is 1.